The molecule has 28 heavy (non-hydrogen) atoms. The quantitative estimate of drug-likeness (QED) is 0.790. The van der Waals surface area contributed by atoms with Gasteiger partial charge in [-0.1, -0.05) is 12.1 Å². The molecular weight excluding hydrogens is 372 g/mol. The number of anilines is 1. The van der Waals surface area contributed by atoms with Crippen molar-refractivity contribution in [2.75, 3.05) is 11.4 Å². The Morgan fingerprint density at radius 1 is 1.18 bits per heavy atom. The fourth-order valence-electron chi connectivity index (χ4n) is 4.32. The SMILES string of the molecule is O=C(NCc1cccc(F)c1)C1Cc2cc(C(F)(F)F)ccc2N2CCCC12. The van der Waals surface area contributed by atoms with Crippen LogP contribution in [0.2, 0.25) is 0 Å². The van der Waals surface area contributed by atoms with Crippen molar-refractivity contribution in [1.29, 1.82) is 0 Å². The Bertz CT molecular complexity index is 896. The number of rotatable bonds is 3. The van der Waals surface area contributed by atoms with Gasteiger partial charge in [0.15, 0.2) is 0 Å². The molecule has 0 aromatic heterocycles. The van der Waals surface area contributed by atoms with E-state index < -0.39 is 17.7 Å². The van der Waals surface area contributed by atoms with E-state index in [1.165, 1.54) is 18.2 Å². The number of carbonyl (C=O) groups is 1. The van der Waals surface area contributed by atoms with Crippen molar-refractivity contribution in [1.82, 2.24) is 5.32 Å². The van der Waals surface area contributed by atoms with Crippen LogP contribution in [0.3, 0.4) is 0 Å². The third kappa shape index (κ3) is 3.57. The molecule has 0 spiro atoms. The van der Waals surface area contributed by atoms with Crippen LogP contribution in [-0.2, 0) is 23.9 Å². The zero-order valence-corrected chi connectivity index (χ0v) is 15.1. The molecule has 1 saturated heterocycles. The number of hydrogen-bond acceptors (Lipinski definition) is 2. The number of alkyl halides is 3. The molecule has 3 nitrogen and oxygen atoms in total. The average Bonchev–Trinajstić information content (AvgIpc) is 3.14. The lowest BCUT2D eigenvalue weighted by atomic mass is 9.84. The average molecular weight is 392 g/mol. The topological polar surface area (TPSA) is 32.3 Å². The predicted molar refractivity (Wildman–Crippen MR) is 97.3 cm³/mol. The monoisotopic (exact) mass is 392 g/mol. The van der Waals surface area contributed by atoms with Crippen molar-refractivity contribution >= 4 is 11.6 Å². The number of benzene rings is 2. The Kier molecular flexibility index (Phi) is 4.77. The third-order valence-corrected chi connectivity index (χ3v) is 5.61. The van der Waals surface area contributed by atoms with Gasteiger partial charge in [-0.3, -0.25) is 4.79 Å². The molecule has 2 aliphatic rings. The van der Waals surface area contributed by atoms with Crippen LogP contribution in [-0.4, -0.2) is 18.5 Å². The van der Waals surface area contributed by atoms with Gasteiger partial charge in [-0.2, -0.15) is 13.2 Å². The van der Waals surface area contributed by atoms with Crippen molar-refractivity contribution in [3.8, 4) is 0 Å². The van der Waals surface area contributed by atoms with E-state index in [1.807, 2.05) is 0 Å². The lowest BCUT2D eigenvalue weighted by Crippen LogP contribution is -2.48. The van der Waals surface area contributed by atoms with Crippen LogP contribution in [0.5, 0.6) is 0 Å². The number of hydrogen-bond donors (Lipinski definition) is 1. The van der Waals surface area contributed by atoms with E-state index in [1.54, 1.807) is 12.1 Å². The maximum absolute atomic E-state index is 13.3. The number of nitrogens with zero attached hydrogens (tertiary/aromatic N) is 1. The van der Waals surface area contributed by atoms with Crippen LogP contribution in [0.25, 0.3) is 0 Å². The molecule has 1 fully saturated rings. The van der Waals surface area contributed by atoms with Crippen LogP contribution < -0.4 is 10.2 Å². The fraction of sp³-hybridized carbons (Fsp3) is 0.381. The predicted octanol–water partition coefficient (Wildman–Crippen LogP) is 4.30. The first-order valence-corrected chi connectivity index (χ1v) is 9.32. The van der Waals surface area contributed by atoms with E-state index in [0.29, 0.717) is 11.1 Å². The molecule has 2 aromatic rings. The Morgan fingerprint density at radius 3 is 2.75 bits per heavy atom. The summed E-state index contributed by atoms with van der Waals surface area (Å²) in [5.74, 6) is -1.00. The second-order valence-electron chi connectivity index (χ2n) is 7.40. The number of amides is 1. The van der Waals surface area contributed by atoms with E-state index in [-0.39, 0.29) is 30.7 Å². The summed E-state index contributed by atoms with van der Waals surface area (Å²) in [6, 6.07) is 9.76. The van der Waals surface area contributed by atoms with Gasteiger partial charge >= 0.3 is 6.18 Å². The second kappa shape index (κ2) is 7.11. The van der Waals surface area contributed by atoms with Gasteiger partial charge in [-0.15, -0.1) is 0 Å². The minimum atomic E-state index is -4.41. The van der Waals surface area contributed by atoms with E-state index in [4.69, 9.17) is 0 Å². The zero-order chi connectivity index (χ0) is 19.9. The number of halogens is 4. The summed E-state index contributed by atoms with van der Waals surface area (Å²) in [7, 11) is 0. The molecule has 148 valence electrons. The highest BCUT2D eigenvalue weighted by Gasteiger charge is 2.42. The third-order valence-electron chi connectivity index (χ3n) is 5.61. The molecule has 1 N–H and O–H groups in total. The molecule has 0 aliphatic carbocycles. The largest absolute Gasteiger partial charge is 0.416 e. The van der Waals surface area contributed by atoms with Gasteiger partial charge in [-0.25, -0.2) is 4.39 Å². The first-order valence-electron chi connectivity index (χ1n) is 9.32. The van der Waals surface area contributed by atoms with Gasteiger partial charge in [0.2, 0.25) is 5.91 Å². The van der Waals surface area contributed by atoms with Crippen molar-refractivity contribution in [3.05, 3.63) is 65.0 Å². The van der Waals surface area contributed by atoms with Crippen molar-refractivity contribution in [2.45, 2.75) is 38.0 Å². The molecule has 1 amide bonds. The van der Waals surface area contributed by atoms with Gasteiger partial charge in [0, 0.05) is 24.8 Å². The van der Waals surface area contributed by atoms with E-state index in [0.717, 1.165) is 37.2 Å². The van der Waals surface area contributed by atoms with Gasteiger partial charge in [0.1, 0.15) is 5.82 Å². The summed E-state index contributed by atoms with van der Waals surface area (Å²) in [5, 5.41) is 2.83. The molecule has 2 unspecified atom stereocenters. The molecule has 0 radical (unpaired) electrons. The highest BCUT2D eigenvalue weighted by molar-refractivity contribution is 5.82. The first-order chi connectivity index (χ1) is 13.3. The Balaban J connectivity index is 1.55. The van der Waals surface area contributed by atoms with Crippen LogP contribution in [0.15, 0.2) is 42.5 Å². The first kappa shape index (κ1) is 18.8. The number of fused-ring (bicyclic) bond motifs is 3. The maximum atomic E-state index is 13.3. The second-order valence-corrected chi connectivity index (χ2v) is 7.40. The highest BCUT2D eigenvalue weighted by atomic mass is 19.4. The van der Waals surface area contributed by atoms with Crippen LogP contribution in [0.4, 0.5) is 23.2 Å². The van der Waals surface area contributed by atoms with Gasteiger partial charge in [0.25, 0.3) is 0 Å². The standard InChI is InChI=1S/C21H20F4N2O/c22-16-4-1-3-13(9-16)12-26-20(28)17-11-14-10-15(21(23,24)25)6-7-18(14)27-8-2-5-19(17)27/h1,3-4,6-7,9-10,17,19H,2,5,8,11-12H2,(H,26,28). The van der Waals surface area contributed by atoms with Crippen LogP contribution in [0, 0.1) is 11.7 Å². The molecule has 0 saturated carbocycles. The van der Waals surface area contributed by atoms with E-state index in [2.05, 4.69) is 10.2 Å². The Morgan fingerprint density at radius 2 is 2.00 bits per heavy atom. The molecule has 4 rings (SSSR count). The van der Waals surface area contributed by atoms with Gasteiger partial charge < -0.3 is 10.2 Å². The lowest BCUT2D eigenvalue weighted by Gasteiger charge is -2.39. The van der Waals surface area contributed by atoms with E-state index >= 15 is 0 Å². The molecule has 2 aromatic carbocycles. The van der Waals surface area contributed by atoms with Crippen LogP contribution >= 0.6 is 0 Å². The van der Waals surface area contributed by atoms with Crippen LogP contribution in [0.1, 0.15) is 29.5 Å². The molecule has 2 heterocycles. The Hall–Kier alpha value is -2.57. The summed E-state index contributed by atoms with van der Waals surface area (Å²) < 4.78 is 52.6. The minimum absolute atomic E-state index is 0.0169. The highest BCUT2D eigenvalue weighted by Crippen LogP contribution is 2.41. The normalized spacial score (nSPS) is 21.2. The smallest absolute Gasteiger partial charge is 0.368 e. The van der Waals surface area contributed by atoms with Crippen molar-refractivity contribution < 1.29 is 22.4 Å². The summed E-state index contributed by atoms with van der Waals surface area (Å²) in [6.07, 6.45) is -2.40. The summed E-state index contributed by atoms with van der Waals surface area (Å²) in [4.78, 5) is 14.9. The maximum Gasteiger partial charge on any atom is 0.416 e. The summed E-state index contributed by atoms with van der Waals surface area (Å²) in [5.41, 5.74) is 1.30. The minimum Gasteiger partial charge on any atom is -0.368 e. The Labute approximate surface area is 160 Å². The summed E-state index contributed by atoms with van der Waals surface area (Å²) in [6.45, 7) is 0.923. The van der Waals surface area contributed by atoms with Crippen molar-refractivity contribution in [3.63, 3.8) is 0 Å². The molecule has 7 heteroatoms. The lowest BCUT2D eigenvalue weighted by molar-refractivity contribution is -0.137. The van der Waals surface area contributed by atoms with Gasteiger partial charge in [-0.05, 0) is 60.7 Å². The summed E-state index contributed by atoms with van der Waals surface area (Å²) >= 11 is 0. The number of nitrogens with one attached hydrogen (secondary N) is 1. The molecule has 2 aliphatic heterocycles. The molecule has 0 bridgehead atoms. The molecular formula is C21H20F4N2O. The zero-order valence-electron chi connectivity index (χ0n) is 15.1. The van der Waals surface area contributed by atoms with Gasteiger partial charge in [0.05, 0.1) is 11.5 Å². The number of carbonyl (C=O) groups excluding carboxylic acids is 1. The molecule has 2 atom stereocenters. The van der Waals surface area contributed by atoms with E-state index in [9.17, 15) is 22.4 Å². The fourth-order valence-corrected chi connectivity index (χ4v) is 4.32. The van der Waals surface area contributed by atoms with Crippen molar-refractivity contribution in [2.24, 2.45) is 5.92 Å².